The Hall–Kier alpha value is -5.80. The summed E-state index contributed by atoms with van der Waals surface area (Å²) in [4.78, 5) is 39.2. The van der Waals surface area contributed by atoms with Crippen molar-refractivity contribution in [1.82, 2.24) is 4.57 Å². The molecule has 1 amide bonds. The number of ether oxygens (including phenoxy) is 2. The van der Waals surface area contributed by atoms with Gasteiger partial charge in [-0.15, -0.1) is 0 Å². The zero-order chi connectivity index (χ0) is 47.8. The highest BCUT2D eigenvalue weighted by atomic mass is 19.1. The lowest BCUT2D eigenvalue weighted by Gasteiger charge is -2.19. The number of carbonyl (C=O) groups is 3. The highest BCUT2D eigenvalue weighted by molar-refractivity contribution is 6.12. The zero-order valence-electron chi connectivity index (χ0n) is 40.5. The lowest BCUT2D eigenvalue weighted by Crippen LogP contribution is -2.18. The predicted octanol–water partition coefficient (Wildman–Crippen LogP) is 14.3. The van der Waals surface area contributed by atoms with E-state index in [0.717, 1.165) is 73.0 Å². The number of nitrogens with zero attached hydrogens (tertiary/aromatic N) is 1. The number of aliphatic hydroxyl groups is 1. The van der Waals surface area contributed by atoms with E-state index < -0.39 is 24.6 Å². The van der Waals surface area contributed by atoms with E-state index in [1.807, 2.05) is 74.5 Å². The number of halogens is 1. The van der Waals surface area contributed by atoms with Gasteiger partial charge in [0.1, 0.15) is 5.82 Å². The molecule has 3 aromatic carbocycles. The Kier molecular flexibility index (Phi) is 22.6. The number of hydrogen-bond acceptors (Lipinski definition) is 6. The fourth-order valence-corrected chi connectivity index (χ4v) is 8.00. The van der Waals surface area contributed by atoms with Crippen LogP contribution in [-0.4, -0.2) is 46.8 Å². The summed E-state index contributed by atoms with van der Waals surface area (Å²) in [5, 5.41) is 14.3. The van der Waals surface area contributed by atoms with Gasteiger partial charge in [-0.2, -0.15) is 0 Å². The normalized spacial score (nSPS) is 12.5. The van der Waals surface area contributed by atoms with Crippen LogP contribution < -0.4 is 5.32 Å². The van der Waals surface area contributed by atoms with E-state index in [1.165, 1.54) is 34.4 Å². The van der Waals surface area contributed by atoms with Gasteiger partial charge < -0.3 is 24.5 Å². The number of carbonyl (C=O) groups excluding carboxylic acids is 3. The molecular formula is C57H73FN2O6. The van der Waals surface area contributed by atoms with Gasteiger partial charge in [0.2, 0.25) is 0 Å². The number of aromatic nitrogens is 1. The Bertz CT molecular complexity index is 2260. The fraction of sp³-hybridized carbons (Fsp3) is 0.421. The molecule has 4 aromatic rings. The van der Waals surface area contributed by atoms with Crippen LogP contribution in [0.25, 0.3) is 22.4 Å². The van der Waals surface area contributed by atoms with Crippen molar-refractivity contribution in [2.45, 2.75) is 144 Å². The first kappa shape index (κ1) is 52.8. The van der Waals surface area contributed by atoms with Gasteiger partial charge in [-0.25, -0.2) is 9.18 Å². The summed E-state index contributed by atoms with van der Waals surface area (Å²) in [5.41, 5.74) is 10.5. The molecule has 354 valence electrons. The predicted molar refractivity (Wildman–Crippen MR) is 268 cm³/mol. The number of rotatable bonds is 27. The molecule has 0 bridgehead atoms. The Morgan fingerprint density at radius 2 is 1.26 bits per heavy atom. The van der Waals surface area contributed by atoms with Gasteiger partial charge in [0, 0.05) is 29.9 Å². The van der Waals surface area contributed by atoms with Crippen LogP contribution in [0.3, 0.4) is 0 Å². The van der Waals surface area contributed by atoms with Crippen molar-refractivity contribution in [1.29, 1.82) is 0 Å². The number of benzene rings is 3. The molecule has 0 aliphatic rings. The Labute approximate surface area is 393 Å². The van der Waals surface area contributed by atoms with Crippen molar-refractivity contribution < 1.29 is 33.4 Å². The van der Waals surface area contributed by atoms with Crippen LogP contribution in [0.5, 0.6) is 0 Å². The number of esters is 2. The number of allylic oxidation sites excluding steroid dienone is 8. The molecule has 0 saturated carbocycles. The molecule has 0 aliphatic carbocycles. The van der Waals surface area contributed by atoms with Gasteiger partial charge >= 0.3 is 11.9 Å². The minimum atomic E-state index is -0.768. The summed E-state index contributed by atoms with van der Waals surface area (Å²) in [5.74, 6) is -1.85. The second kappa shape index (κ2) is 28.3. The lowest BCUT2D eigenvalue weighted by molar-refractivity contribution is -0.158. The van der Waals surface area contributed by atoms with Crippen molar-refractivity contribution in [3.63, 3.8) is 0 Å². The van der Waals surface area contributed by atoms with E-state index in [1.54, 1.807) is 12.1 Å². The largest absolute Gasteiger partial charge is 0.463 e. The number of para-hydroxylation sites is 1. The van der Waals surface area contributed by atoms with E-state index in [4.69, 9.17) is 9.47 Å². The quantitative estimate of drug-likeness (QED) is 0.0351. The van der Waals surface area contributed by atoms with Crippen molar-refractivity contribution in [2.24, 2.45) is 0 Å². The van der Waals surface area contributed by atoms with Crippen molar-refractivity contribution in [3.05, 3.63) is 149 Å². The highest BCUT2D eigenvalue weighted by Gasteiger charge is 2.31. The first-order chi connectivity index (χ1) is 31.7. The Balaban J connectivity index is 1.24. The lowest BCUT2D eigenvalue weighted by atomic mass is 9.94. The van der Waals surface area contributed by atoms with Gasteiger partial charge in [0.15, 0.2) is 6.61 Å². The van der Waals surface area contributed by atoms with Crippen molar-refractivity contribution >= 4 is 23.5 Å². The van der Waals surface area contributed by atoms with Crippen LogP contribution in [0.15, 0.2) is 132 Å². The molecule has 0 aliphatic heterocycles. The molecule has 0 radical (unpaired) electrons. The van der Waals surface area contributed by atoms with Crippen LogP contribution in [-0.2, 0) is 25.6 Å². The molecule has 0 spiro atoms. The van der Waals surface area contributed by atoms with Gasteiger partial charge in [-0.05, 0) is 159 Å². The molecule has 2 N–H and O–H groups in total. The topological polar surface area (TPSA) is 107 Å². The van der Waals surface area contributed by atoms with Crippen LogP contribution in [0, 0.1) is 5.82 Å². The summed E-state index contributed by atoms with van der Waals surface area (Å²) < 4.78 is 26.9. The van der Waals surface area contributed by atoms with E-state index in [0.29, 0.717) is 43.5 Å². The monoisotopic (exact) mass is 901 g/mol. The van der Waals surface area contributed by atoms with Crippen LogP contribution >= 0.6 is 0 Å². The van der Waals surface area contributed by atoms with E-state index in [-0.39, 0.29) is 30.7 Å². The molecule has 0 saturated heterocycles. The second-order valence-corrected chi connectivity index (χ2v) is 17.9. The minimum Gasteiger partial charge on any atom is -0.463 e. The molecule has 0 fully saturated rings. The number of amides is 1. The summed E-state index contributed by atoms with van der Waals surface area (Å²) in [6, 6.07) is 25.2. The maximum atomic E-state index is 14.3. The first-order valence-electron chi connectivity index (χ1n) is 23.8. The van der Waals surface area contributed by atoms with Crippen LogP contribution in [0.1, 0.15) is 147 Å². The highest BCUT2D eigenvalue weighted by Crippen LogP contribution is 2.42. The molecular weight excluding hydrogens is 828 g/mol. The average Bonchev–Trinajstić information content (AvgIpc) is 3.64. The maximum Gasteiger partial charge on any atom is 0.344 e. The number of unbranched alkanes of at least 4 members (excludes halogenated alkanes) is 1. The summed E-state index contributed by atoms with van der Waals surface area (Å²) in [6.07, 6.45) is 17.4. The van der Waals surface area contributed by atoms with Crippen molar-refractivity contribution in [3.8, 4) is 22.4 Å². The molecule has 1 heterocycles. The van der Waals surface area contributed by atoms with Gasteiger partial charge in [0.05, 0.1) is 24.0 Å². The smallest absolute Gasteiger partial charge is 0.344 e. The zero-order valence-corrected chi connectivity index (χ0v) is 40.5. The van der Waals surface area contributed by atoms with Gasteiger partial charge in [0.25, 0.3) is 5.91 Å². The number of anilines is 1. The maximum absolute atomic E-state index is 14.3. The number of nitrogens with one attached hydrogen (secondary N) is 1. The third-order valence-electron chi connectivity index (χ3n) is 11.5. The van der Waals surface area contributed by atoms with E-state index in [2.05, 4.69) is 68.8 Å². The van der Waals surface area contributed by atoms with Gasteiger partial charge in [-0.1, -0.05) is 109 Å². The third kappa shape index (κ3) is 18.2. The SMILES string of the molecule is CC(C)=CCC/C(C)=C/CC/C(C)=C/CC/C=C(\C)CCCOC(=O)COC(=O)CCCC(O)CCn1c(-c2ccc(F)cc2)c(-c2ccccc2)c(C(=O)Nc2ccccc2)c1C(C)C. The molecule has 4 rings (SSSR count). The van der Waals surface area contributed by atoms with E-state index in [9.17, 15) is 23.9 Å². The van der Waals surface area contributed by atoms with Crippen LogP contribution in [0.4, 0.5) is 10.1 Å². The molecule has 1 aromatic heterocycles. The Morgan fingerprint density at radius 3 is 1.88 bits per heavy atom. The molecule has 1 atom stereocenters. The standard InChI is InChI=1S/C57H73FN2O6/c1-41(2)20-16-23-45(7)25-17-24-43(5)21-14-15-22-44(6)26-19-39-65-52(63)40-66-51(62)32-18-31-50(61)37-38-60-55(42(3)4)54(57(64)59-49-29-12-9-13-30-49)53(46-27-10-8-11-28-46)56(60)47-33-35-48(58)36-34-47/h8-13,20-22,25,27-30,33-36,42,50,61H,14-19,23-24,26,31-32,37-40H2,1-7H3,(H,59,64)/b43-21+,44-22+,45-25+. The average molecular weight is 901 g/mol. The van der Waals surface area contributed by atoms with Crippen molar-refractivity contribution in [2.75, 3.05) is 18.5 Å². The second-order valence-electron chi connectivity index (χ2n) is 17.9. The molecule has 66 heavy (non-hydrogen) atoms. The molecule has 8 nitrogen and oxygen atoms in total. The molecule has 1 unspecified atom stereocenters. The van der Waals surface area contributed by atoms with Crippen LogP contribution in [0.2, 0.25) is 0 Å². The van der Waals surface area contributed by atoms with E-state index >= 15 is 0 Å². The number of aliphatic hydroxyl groups excluding tert-OH is 1. The first-order valence-corrected chi connectivity index (χ1v) is 23.8. The fourth-order valence-electron chi connectivity index (χ4n) is 8.00. The summed E-state index contributed by atoms with van der Waals surface area (Å²) in [7, 11) is 0. The third-order valence-corrected chi connectivity index (χ3v) is 11.5. The minimum absolute atomic E-state index is 0.0419. The Morgan fingerprint density at radius 1 is 0.667 bits per heavy atom. The number of hydrogen-bond donors (Lipinski definition) is 2. The summed E-state index contributed by atoms with van der Waals surface area (Å²) >= 11 is 0. The van der Waals surface area contributed by atoms with Gasteiger partial charge in [-0.3, -0.25) is 9.59 Å². The summed E-state index contributed by atoms with van der Waals surface area (Å²) in [6.45, 7) is 15.0. The molecule has 9 heteroatoms.